The van der Waals surface area contributed by atoms with E-state index in [1.54, 1.807) is 0 Å². The molecule has 0 radical (unpaired) electrons. The van der Waals surface area contributed by atoms with Gasteiger partial charge in [0.05, 0.1) is 6.08 Å². The Kier molecular flexibility index (Phi) is 4.81. The van der Waals surface area contributed by atoms with Gasteiger partial charge in [0.1, 0.15) is 23.3 Å². The molecule has 33 heavy (non-hydrogen) atoms. The summed E-state index contributed by atoms with van der Waals surface area (Å²) >= 11 is 0. The molecular formula is C32H22N+. The van der Waals surface area contributed by atoms with E-state index in [1.165, 1.54) is 44.2 Å². The summed E-state index contributed by atoms with van der Waals surface area (Å²) < 4.78 is 0. The summed E-state index contributed by atoms with van der Waals surface area (Å²) in [6.45, 7) is 0. The van der Waals surface area contributed by atoms with Gasteiger partial charge in [-0.3, -0.25) is 0 Å². The molecule has 5 aromatic rings. The summed E-state index contributed by atoms with van der Waals surface area (Å²) in [5, 5.41) is 6.04. The van der Waals surface area contributed by atoms with Crippen LogP contribution in [0.2, 0.25) is 0 Å². The standard InChI is InChI=1S/C32H22N/c1-2-8-23(9-3-1)24-14-18-27(19-15-24)33-28-20-16-25(17-21-28)32-22-26-10-4-5-11-29(26)30-12-6-7-13-31(30)32/h1-5,7-22,33H/q+1. The van der Waals surface area contributed by atoms with Crippen molar-refractivity contribution < 1.29 is 0 Å². The van der Waals surface area contributed by atoms with Crippen molar-refractivity contribution in [1.82, 2.24) is 0 Å². The third-order valence-electron chi connectivity index (χ3n) is 6.18. The van der Waals surface area contributed by atoms with Gasteiger partial charge in [-0.25, -0.2) is 0 Å². The summed E-state index contributed by atoms with van der Waals surface area (Å²) in [4.78, 5) is 0. The van der Waals surface area contributed by atoms with Crippen LogP contribution in [-0.2, 0) is 0 Å². The molecule has 1 nitrogen and oxygen atoms in total. The van der Waals surface area contributed by atoms with Crippen LogP contribution in [0.15, 0.2) is 115 Å². The lowest BCUT2D eigenvalue weighted by Gasteiger charge is -2.12. The molecule has 1 N–H and O–H groups in total. The number of benzene rings is 5. The Hall–Kier alpha value is -4.45. The molecule has 0 heterocycles. The van der Waals surface area contributed by atoms with Crippen molar-refractivity contribution in [1.29, 1.82) is 0 Å². The van der Waals surface area contributed by atoms with Gasteiger partial charge in [0.15, 0.2) is 0 Å². The van der Waals surface area contributed by atoms with Gasteiger partial charge in [-0.05, 0) is 58.5 Å². The minimum absolute atomic E-state index is 1.07. The van der Waals surface area contributed by atoms with E-state index in [1.807, 2.05) is 12.1 Å². The monoisotopic (exact) mass is 420 g/mol. The van der Waals surface area contributed by atoms with Crippen molar-refractivity contribution in [2.75, 3.05) is 5.32 Å². The van der Waals surface area contributed by atoms with Crippen LogP contribution in [0.1, 0.15) is 11.1 Å². The molecule has 5 aromatic carbocycles. The number of allylic oxidation sites excluding steroid dienone is 2. The second-order valence-corrected chi connectivity index (χ2v) is 8.26. The maximum absolute atomic E-state index is 3.52. The van der Waals surface area contributed by atoms with E-state index in [0.29, 0.717) is 0 Å². The molecule has 0 saturated heterocycles. The van der Waals surface area contributed by atoms with Crippen LogP contribution in [0, 0.1) is 6.08 Å². The lowest BCUT2D eigenvalue weighted by molar-refractivity contribution is 1.53. The molecule has 154 valence electrons. The van der Waals surface area contributed by atoms with Crippen LogP contribution in [0.25, 0.3) is 45.2 Å². The van der Waals surface area contributed by atoms with E-state index in [4.69, 9.17) is 0 Å². The molecule has 0 saturated carbocycles. The summed E-state index contributed by atoms with van der Waals surface area (Å²) in [5.41, 5.74) is 9.55. The van der Waals surface area contributed by atoms with E-state index in [9.17, 15) is 0 Å². The van der Waals surface area contributed by atoms with Gasteiger partial charge in [0.25, 0.3) is 0 Å². The highest BCUT2D eigenvalue weighted by molar-refractivity contribution is 6.00. The number of rotatable bonds is 4. The molecule has 0 atom stereocenters. The molecule has 0 fully saturated rings. The fraction of sp³-hybridized carbons (Fsp3) is 0. The summed E-state index contributed by atoms with van der Waals surface area (Å²) in [7, 11) is 0. The van der Waals surface area contributed by atoms with Crippen LogP contribution in [0.4, 0.5) is 11.4 Å². The Bertz CT molecular complexity index is 1490. The lowest BCUT2D eigenvalue weighted by atomic mass is 9.88. The first-order valence-electron chi connectivity index (χ1n) is 11.2. The Morgan fingerprint density at radius 3 is 1.94 bits per heavy atom. The highest BCUT2D eigenvalue weighted by Gasteiger charge is 2.19. The van der Waals surface area contributed by atoms with Crippen molar-refractivity contribution >= 4 is 34.3 Å². The van der Waals surface area contributed by atoms with Crippen molar-refractivity contribution in [3.63, 3.8) is 0 Å². The Morgan fingerprint density at radius 2 is 1.18 bits per heavy atom. The molecular weight excluding hydrogens is 398 g/mol. The molecule has 6 rings (SSSR count). The Labute approximate surface area is 194 Å². The summed E-state index contributed by atoms with van der Waals surface area (Å²) in [6, 6.07) is 38.6. The predicted octanol–water partition coefficient (Wildman–Crippen LogP) is 8.76. The largest absolute Gasteiger partial charge is 0.356 e. The lowest BCUT2D eigenvalue weighted by Crippen LogP contribution is -1.94. The van der Waals surface area contributed by atoms with Crippen molar-refractivity contribution in [3.05, 3.63) is 132 Å². The Balaban J connectivity index is 1.29. The summed E-state index contributed by atoms with van der Waals surface area (Å²) in [6.07, 6.45) is 9.50. The number of fused-ring (bicyclic) bond motifs is 3. The molecule has 0 bridgehead atoms. The number of nitrogens with one attached hydrogen (secondary N) is 1. The van der Waals surface area contributed by atoms with Gasteiger partial charge in [0, 0.05) is 28.4 Å². The van der Waals surface area contributed by atoms with Crippen molar-refractivity contribution in [3.8, 4) is 22.3 Å². The third-order valence-corrected chi connectivity index (χ3v) is 6.18. The van der Waals surface area contributed by atoms with E-state index in [-0.39, 0.29) is 0 Å². The van der Waals surface area contributed by atoms with Crippen molar-refractivity contribution in [2.45, 2.75) is 0 Å². The van der Waals surface area contributed by atoms with E-state index >= 15 is 0 Å². The van der Waals surface area contributed by atoms with Crippen LogP contribution >= 0.6 is 0 Å². The first-order chi connectivity index (χ1) is 16.3. The van der Waals surface area contributed by atoms with Gasteiger partial charge in [-0.15, -0.1) is 0 Å². The molecule has 0 aliphatic heterocycles. The number of hydrogen-bond acceptors (Lipinski definition) is 1. The van der Waals surface area contributed by atoms with Crippen LogP contribution in [0.3, 0.4) is 0 Å². The highest BCUT2D eigenvalue weighted by atomic mass is 14.9. The topological polar surface area (TPSA) is 12.0 Å². The highest BCUT2D eigenvalue weighted by Crippen LogP contribution is 2.36. The molecule has 0 unspecified atom stereocenters. The fourth-order valence-electron chi connectivity index (χ4n) is 4.50. The second-order valence-electron chi connectivity index (χ2n) is 8.26. The minimum Gasteiger partial charge on any atom is -0.356 e. The average molecular weight is 421 g/mol. The van der Waals surface area contributed by atoms with Crippen LogP contribution in [0.5, 0.6) is 0 Å². The number of anilines is 2. The maximum atomic E-state index is 3.52. The Morgan fingerprint density at radius 1 is 0.545 bits per heavy atom. The minimum atomic E-state index is 1.07. The SMILES string of the molecule is [C+]1=Cc2c(c(-c3ccc(Nc4ccc(-c5ccccc5)cc4)cc3)cc3ccccc23)C=C1. The second kappa shape index (κ2) is 8.24. The molecule has 0 aromatic heterocycles. The maximum Gasteiger partial charge on any atom is 0.111 e. The van der Waals surface area contributed by atoms with Gasteiger partial charge < -0.3 is 5.32 Å². The van der Waals surface area contributed by atoms with Gasteiger partial charge in [0.2, 0.25) is 0 Å². The zero-order valence-electron chi connectivity index (χ0n) is 18.1. The number of hydrogen-bond donors (Lipinski definition) is 1. The predicted molar refractivity (Wildman–Crippen MR) is 141 cm³/mol. The van der Waals surface area contributed by atoms with E-state index in [2.05, 4.69) is 127 Å². The quantitative estimate of drug-likeness (QED) is 0.287. The average Bonchev–Trinajstić information content (AvgIpc) is 2.90. The first kappa shape index (κ1) is 19.3. The zero-order chi connectivity index (χ0) is 22.0. The first-order valence-corrected chi connectivity index (χ1v) is 11.2. The molecule has 0 spiro atoms. The molecule has 0 amide bonds. The third kappa shape index (κ3) is 3.72. The zero-order valence-corrected chi connectivity index (χ0v) is 18.1. The molecule has 1 heteroatoms. The van der Waals surface area contributed by atoms with Gasteiger partial charge in [-0.1, -0.05) is 72.8 Å². The smallest absolute Gasteiger partial charge is 0.111 e. The fourth-order valence-corrected chi connectivity index (χ4v) is 4.50. The normalized spacial score (nSPS) is 11.8. The molecule has 1 aliphatic rings. The van der Waals surface area contributed by atoms with E-state index < -0.39 is 0 Å². The van der Waals surface area contributed by atoms with Crippen molar-refractivity contribution in [2.24, 2.45) is 0 Å². The van der Waals surface area contributed by atoms with Gasteiger partial charge >= 0.3 is 0 Å². The van der Waals surface area contributed by atoms with Gasteiger partial charge in [-0.2, -0.15) is 0 Å². The van der Waals surface area contributed by atoms with Crippen LogP contribution < -0.4 is 5.32 Å². The van der Waals surface area contributed by atoms with Crippen LogP contribution in [-0.4, -0.2) is 0 Å². The molecule has 1 aliphatic carbocycles. The van der Waals surface area contributed by atoms with E-state index in [0.717, 1.165) is 11.4 Å². The summed E-state index contributed by atoms with van der Waals surface area (Å²) in [5.74, 6) is 0.